The van der Waals surface area contributed by atoms with Crippen LogP contribution in [0, 0.1) is 0 Å². The monoisotopic (exact) mass is 273 g/mol. The molecule has 1 aromatic rings. The minimum Gasteiger partial charge on any atom is -0.496 e. The normalized spacial score (nSPS) is 27.1. The average Bonchev–Trinajstić information content (AvgIpc) is 3.22. The molecule has 110 valence electrons. The van der Waals surface area contributed by atoms with Crippen LogP contribution in [0.1, 0.15) is 56.6 Å². The maximum absolute atomic E-state index is 5.55. The molecule has 0 bridgehead atoms. The fourth-order valence-electron chi connectivity index (χ4n) is 4.28. The molecule has 2 nitrogen and oxygen atoms in total. The van der Waals surface area contributed by atoms with E-state index in [1.807, 2.05) is 0 Å². The summed E-state index contributed by atoms with van der Waals surface area (Å²) in [6.07, 6.45) is 6.37. The van der Waals surface area contributed by atoms with Gasteiger partial charge in [0.25, 0.3) is 0 Å². The van der Waals surface area contributed by atoms with E-state index < -0.39 is 0 Å². The van der Waals surface area contributed by atoms with E-state index in [0.717, 1.165) is 11.7 Å². The van der Waals surface area contributed by atoms with Gasteiger partial charge in [0.05, 0.1) is 7.11 Å². The van der Waals surface area contributed by atoms with Gasteiger partial charge in [-0.2, -0.15) is 0 Å². The topological polar surface area (TPSA) is 12.5 Å². The van der Waals surface area contributed by atoms with Crippen molar-refractivity contribution in [2.45, 2.75) is 57.4 Å². The van der Waals surface area contributed by atoms with E-state index in [-0.39, 0.29) is 0 Å². The largest absolute Gasteiger partial charge is 0.496 e. The van der Waals surface area contributed by atoms with E-state index in [9.17, 15) is 0 Å². The Hall–Kier alpha value is -1.02. The SMILES string of the molecule is CCCN(CCC)C12CCc3c(OC)cccc3C1C2. The molecule has 0 N–H and O–H groups in total. The molecular formula is C18H27NO. The van der Waals surface area contributed by atoms with Gasteiger partial charge in [-0.1, -0.05) is 26.0 Å². The number of hydrogen-bond acceptors (Lipinski definition) is 2. The fourth-order valence-corrected chi connectivity index (χ4v) is 4.28. The van der Waals surface area contributed by atoms with Crippen LogP contribution in [-0.2, 0) is 6.42 Å². The number of ether oxygens (including phenoxy) is 1. The Morgan fingerprint density at radius 3 is 2.65 bits per heavy atom. The number of hydrogen-bond donors (Lipinski definition) is 0. The van der Waals surface area contributed by atoms with Crippen molar-refractivity contribution >= 4 is 0 Å². The summed E-state index contributed by atoms with van der Waals surface area (Å²) >= 11 is 0. The van der Waals surface area contributed by atoms with Gasteiger partial charge in [0.15, 0.2) is 0 Å². The van der Waals surface area contributed by atoms with Crippen LogP contribution in [0.2, 0.25) is 0 Å². The summed E-state index contributed by atoms with van der Waals surface area (Å²) in [7, 11) is 1.80. The molecule has 1 fully saturated rings. The predicted molar refractivity (Wildman–Crippen MR) is 83.6 cm³/mol. The quantitative estimate of drug-likeness (QED) is 0.777. The van der Waals surface area contributed by atoms with Crippen LogP contribution in [0.25, 0.3) is 0 Å². The number of nitrogens with zero attached hydrogens (tertiary/aromatic N) is 1. The maximum atomic E-state index is 5.55. The molecule has 2 aliphatic carbocycles. The van der Waals surface area contributed by atoms with Crippen molar-refractivity contribution in [3.63, 3.8) is 0 Å². The lowest BCUT2D eigenvalue weighted by molar-refractivity contribution is 0.157. The Morgan fingerprint density at radius 2 is 2.00 bits per heavy atom. The summed E-state index contributed by atoms with van der Waals surface area (Å²) in [4.78, 5) is 2.78. The Kier molecular flexibility index (Phi) is 3.76. The van der Waals surface area contributed by atoms with E-state index in [1.165, 1.54) is 50.8 Å². The van der Waals surface area contributed by atoms with E-state index in [0.29, 0.717) is 5.54 Å². The van der Waals surface area contributed by atoms with E-state index >= 15 is 0 Å². The van der Waals surface area contributed by atoms with Crippen LogP contribution in [0.4, 0.5) is 0 Å². The van der Waals surface area contributed by atoms with Crippen molar-refractivity contribution in [2.75, 3.05) is 20.2 Å². The van der Waals surface area contributed by atoms with Gasteiger partial charge in [0.2, 0.25) is 0 Å². The number of methoxy groups -OCH3 is 1. The Morgan fingerprint density at radius 1 is 1.25 bits per heavy atom. The number of benzene rings is 1. The molecule has 2 aliphatic rings. The first kappa shape index (κ1) is 13.9. The van der Waals surface area contributed by atoms with Gasteiger partial charge in [0.1, 0.15) is 5.75 Å². The van der Waals surface area contributed by atoms with Gasteiger partial charge >= 0.3 is 0 Å². The first-order valence-electron chi connectivity index (χ1n) is 8.17. The Labute approximate surface area is 123 Å². The van der Waals surface area contributed by atoms with Crippen LogP contribution in [0.5, 0.6) is 5.75 Å². The third kappa shape index (κ3) is 2.05. The lowest BCUT2D eigenvalue weighted by Gasteiger charge is -2.36. The lowest BCUT2D eigenvalue weighted by atomic mass is 9.86. The summed E-state index contributed by atoms with van der Waals surface area (Å²) in [5.41, 5.74) is 3.51. The smallest absolute Gasteiger partial charge is 0.122 e. The molecule has 20 heavy (non-hydrogen) atoms. The highest BCUT2D eigenvalue weighted by molar-refractivity contribution is 5.50. The van der Waals surface area contributed by atoms with E-state index in [4.69, 9.17) is 4.74 Å². The first-order valence-corrected chi connectivity index (χ1v) is 8.17. The highest BCUT2D eigenvalue weighted by Crippen LogP contribution is 2.62. The zero-order valence-corrected chi connectivity index (χ0v) is 13.1. The number of fused-ring (bicyclic) bond motifs is 3. The third-order valence-electron chi connectivity index (χ3n) is 5.24. The molecule has 3 rings (SSSR count). The second kappa shape index (κ2) is 5.40. The van der Waals surface area contributed by atoms with Crippen molar-refractivity contribution in [2.24, 2.45) is 0 Å². The van der Waals surface area contributed by atoms with Crippen molar-refractivity contribution in [1.29, 1.82) is 0 Å². The van der Waals surface area contributed by atoms with Gasteiger partial charge in [-0.25, -0.2) is 0 Å². The van der Waals surface area contributed by atoms with Crippen molar-refractivity contribution in [3.8, 4) is 5.75 Å². The first-order chi connectivity index (χ1) is 9.76. The zero-order valence-electron chi connectivity index (χ0n) is 13.1. The molecule has 0 radical (unpaired) electrons. The van der Waals surface area contributed by atoms with Crippen molar-refractivity contribution in [3.05, 3.63) is 29.3 Å². The van der Waals surface area contributed by atoms with Crippen LogP contribution in [0.3, 0.4) is 0 Å². The zero-order chi connectivity index (χ0) is 14.2. The Balaban J connectivity index is 1.87. The molecule has 0 aliphatic heterocycles. The minimum absolute atomic E-state index is 0.478. The molecule has 2 heteroatoms. The fraction of sp³-hybridized carbons (Fsp3) is 0.667. The van der Waals surface area contributed by atoms with Gasteiger partial charge in [-0.05, 0) is 62.4 Å². The second-order valence-corrected chi connectivity index (χ2v) is 6.38. The third-order valence-corrected chi connectivity index (χ3v) is 5.24. The summed E-state index contributed by atoms with van der Waals surface area (Å²) in [5, 5.41) is 0. The highest BCUT2D eigenvalue weighted by Gasteiger charge is 2.60. The number of rotatable bonds is 6. The Bertz CT molecular complexity index is 478. The summed E-state index contributed by atoms with van der Waals surface area (Å²) < 4.78 is 5.55. The average molecular weight is 273 g/mol. The van der Waals surface area contributed by atoms with Gasteiger partial charge in [-0.3, -0.25) is 4.90 Å². The lowest BCUT2D eigenvalue weighted by Crippen LogP contribution is -2.41. The van der Waals surface area contributed by atoms with Gasteiger partial charge in [0, 0.05) is 11.5 Å². The molecule has 2 unspecified atom stereocenters. The molecule has 0 spiro atoms. The molecular weight excluding hydrogens is 246 g/mol. The second-order valence-electron chi connectivity index (χ2n) is 6.38. The van der Waals surface area contributed by atoms with Gasteiger partial charge in [-0.15, -0.1) is 0 Å². The predicted octanol–water partition coefficient (Wildman–Crippen LogP) is 3.99. The van der Waals surface area contributed by atoms with E-state index in [2.05, 4.69) is 36.9 Å². The van der Waals surface area contributed by atoms with Crippen LogP contribution >= 0.6 is 0 Å². The van der Waals surface area contributed by atoms with Crippen molar-refractivity contribution < 1.29 is 4.74 Å². The van der Waals surface area contributed by atoms with Crippen molar-refractivity contribution in [1.82, 2.24) is 4.90 Å². The molecule has 0 saturated heterocycles. The maximum Gasteiger partial charge on any atom is 0.122 e. The van der Waals surface area contributed by atoms with Gasteiger partial charge < -0.3 is 4.74 Å². The summed E-state index contributed by atoms with van der Waals surface area (Å²) in [5.74, 6) is 1.85. The van der Waals surface area contributed by atoms with E-state index in [1.54, 1.807) is 12.7 Å². The molecule has 2 atom stereocenters. The minimum atomic E-state index is 0.478. The molecule has 1 aromatic carbocycles. The molecule has 0 amide bonds. The summed E-state index contributed by atoms with van der Waals surface area (Å²) in [6, 6.07) is 6.61. The molecule has 0 heterocycles. The summed E-state index contributed by atoms with van der Waals surface area (Å²) in [6.45, 7) is 7.11. The van der Waals surface area contributed by atoms with Crippen LogP contribution < -0.4 is 4.74 Å². The standard InChI is InChI=1S/C18H27NO/c1-4-11-19(12-5-2)18-10-9-15-14(16(18)13-18)7-6-8-17(15)20-3/h6-8,16H,4-5,9-13H2,1-3H3. The molecule has 1 saturated carbocycles. The highest BCUT2D eigenvalue weighted by atomic mass is 16.5. The van der Waals surface area contributed by atoms with Crippen LogP contribution in [-0.4, -0.2) is 30.6 Å². The molecule has 0 aromatic heterocycles. The van der Waals surface area contributed by atoms with Crippen LogP contribution in [0.15, 0.2) is 18.2 Å².